The number of aromatic nitrogens is 3. The van der Waals surface area contributed by atoms with Crippen LogP contribution in [0.5, 0.6) is 0 Å². The first-order valence-electron chi connectivity index (χ1n) is 6.05. The molecule has 0 radical (unpaired) electrons. The van der Waals surface area contributed by atoms with Crippen LogP contribution in [0.1, 0.15) is 5.56 Å². The van der Waals surface area contributed by atoms with E-state index >= 15 is 0 Å². The molecule has 0 fully saturated rings. The van der Waals surface area contributed by atoms with Gasteiger partial charge >= 0.3 is 6.18 Å². The largest absolute Gasteiger partial charge is 0.417 e. The van der Waals surface area contributed by atoms with Gasteiger partial charge in [-0.2, -0.15) is 13.2 Å². The van der Waals surface area contributed by atoms with Crippen molar-refractivity contribution in [3.05, 3.63) is 52.6 Å². The Bertz CT molecular complexity index is 803. The molecule has 0 unspecified atom stereocenters. The van der Waals surface area contributed by atoms with Crippen molar-refractivity contribution in [2.45, 2.75) is 6.18 Å². The van der Waals surface area contributed by atoms with E-state index in [1.807, 2.05) is 6.07 Å². The maximum absolute atomic E-state index is 12.6. The minimum absolute atomic E-state index is 0.0901. The molecule has 0 N–H and O–H groups in total. The molecule has 8 heteroatoms. The molecular formula is C14H7ClF3N3S. The first kappa shape index (κ1) is 14.9. The zero-order chi connectivity index (χ0) is 15.7. The molecule has 3 heterocycles. The van der Waals surface area contributed by atoms with E-state index in [4.69, 9.17) is 11.6 Å². The summed E-state index contributed by atoms with van der Waals surface area (Å²) >= 11 is 7.23. The molecular weight excluding hydrogens is 335 g/mol. The molecule has 3 rings (SSSR count). The predicted octanol–water partition coefficient (Wildman–Crippen LogP) is 4.94. The van der Waals surface area contributed by atoms with Crippen LogP contribution in [-0.4, -0.2) is 15.0 Å². The van der Waals surface area contributed by atoms with E-state index < -0.39 is 11.7 Å². The summed E-state index contributed by atoms with van der Waals surface area (Å²) in [6, 6.07) is 6.26. The highest BCUT2D eigenvalue weighted by molar-refractivity contribution is 7.13. The van der Waals surface area contributed by atoms with E-state index in [0.717, 1.165) is 12.3 Å². The lowest BCUT2D eigenvalue weighted by atomic mass is 10.2. The van der Waals surface area contributed by atoms with Gasteiger partial charge in [0.05, 0.1) is 16.3 Å². The van der Waals surface area contributed by atoms with Crippen LogP contribution in [0.3, 0.4) is 0 Å². The lowest BCUT2D eigenvalue weighted by Gasteiger charge is -2.07. The highest BCUT2D eigenvalue weighted by atomic mass is 35.5. The Kier molecular flexibility index (Phi) is 3.84. The van der Waals surface area contributed by atoms with Gasteiger partial charge in [0.1, 0.15) is 16.4 Å². The summed E-state index contributed by atoms with van der Waals surface area (Å²) < 4.78 is 37.8. The first-order valence-corrected chi connectivity index (χ1v) is 7.31. The van der Waals surface area contributed by atoms with Gasteiger partial charge in [-0.15, -0.1) is 11.3 Å². The van der Waals surface area contributed by atoms with Gasteiger partial charge in [0, 0.05) is 17.8 Å². The molecule has 3 aromatic heterocycles. The van der Waals surface area contributed by atoms with Gasteiger partial charge in [0.2, 0.25) is 0 Å². The standard InChI is InChI=1S/C14H7ClF3N3S/c15-9-5-8(14(16,17)18)6-20-12(9)11-7-22-13(21-11)10-3-1-2-4-19-10/h1-7H. The number of pyridine rings is 2. The normalized spacial score (nSPS) is 11.6. The molecule has 0 amide bonds. The third-order valence-corrected chi connectivity index (χ3v) is 3.95. The van der Waals surface area contributed by atoms with Crippen molar-refractivity contribution in [2.24, 2.45) is 0 Å². The summed E-state index contributed by atoms with van der Waals surface area (Å²) in [5, 5.41) is 2.24. The lowest BCUT2D eigenvalue weighted by molar-refractivity contribution is -0.137. The van der Waals surface area contributed by atoms with Gasteiger partial charge in [0.15, 0.2) is 0 Å². The Morgan fingerprint density at radius 2 is 1.91 bits per heavy atom. The molecule has 112 valence electrons. The van der Waals surface area contributed by atoms with Crippen LogP contribution in [0, 0.1) is 0 Å². The second-order valence-electron chi connectivity index (χ2n) is 4.31. The third kappa shape index (κ3) is 2.95. The minimum Gasteiger partial charge on any atom is -0.254 e. The maximum atomic E-state index is 12.6. The predicted molar refractivity (Wildman–Crippen MR) is 78.6 cm³/mol. The molecule has 0 bridgehead atoms. The van der Waals surface area contributed by atoms with Crippen LogP contribution < -0.4 is 0 Å². The molecule has 3 nitrogen and oxygen atoms in total. The van der Waals surface area contributed by atoms with Crippen LogP contribution in [0.25, 0.3) is 22.1 Å². The summed E-state index contributed by atoms with van der Waals surface area (Å²) in [6.45, 7) is 0. The minimum atomic E-state index is -4.48. The Morgan fingerprint density at radius 1 is 1.09 bits per heavy atom. The lowest BCUT2D eigenvalue weighted by Crippen LogP contribution is -2.05. The fraction of sp³-hybridized carbons (Fsp3) is 0.0714. The van der Waals surface area contributed by atoms with E-state index in [2.05, 4.69) is 15.0 Å². The highest BCUT2D eigenvalue weighted by Crippen LogP contribution is 2.35. The quantitative estimate of drug-likeness (QED) is 0.662. The number of hydrogen-bond donors (Lipinski definition) is 0. The van der Waals surface area contributed by atoms with Gasteiger partial charge < -0.3 is 0 Å². The summed E-state index contributed by atoms with van der Waals surface area (Å²) in [6.07, 6.45) is -2.09. The van der Waals surface area contributed by atoms with Crippen LogP contribution >= 0.6 is 22.9 Å². The van der Waals surface area contributed by atoms with Gasteiger partial charge in [-0.1, -0.05) is 17.7 Å². The van der Waals surface area contributed by atoms with Crippen molar-refractivity contribution < 1.29 is 13.2 Å². The second-order valence-corrected chi connectivity index (χ2v) is 5.57. The fourth-order valence-electron chi connectivity index (χ4n) is 1.77. The Labute approximate surface area is 132 Å². The van der Waals surface area contributed by atoms with Crippen LogP contribution in [-0.2, 0) is 6.18 Å². The Hall–Kier alpha value is -1.99. The van der Waals surface area contributed by atoms with E-state index in [1.54, 1.807) is 23.7 Å². The molecule has 3 aromatic rings. The molecule has 0 aromatic carbocycles. The molecule has 22 heavy (non-hydrogen) atoms. The molecule has 0 atom stereocenters. The van der Waals surface area contributed by atoms with E-state index in [9.17, 15) is 13.2 Å². The topological polar surface area (TPSA) is 38.7 Å². The van der Waals surface area contributed by atoms with Gasteiger partial charge in [0.25, 0.3) is 0 Å². The maximum Gasteiger partial charge on any atom is 0.417 e. The summed E-state index contributed by atoms with van der Waals surface area (Å²) in [5.74, 6) is 0. The summed E-state index contributed by atoms with van der Waals surface area (Å²) in [4.78, 5) is 12.3. The van der Waals surface area contributed by atoms with Crippen molar-refractivity contribution in [1.29, 1.82) is 0 Å². The van der Waals surface area contributed by atoms with E-state index in [1.165, 1.54) is 11.3 Å². The summed E-state index contributed by atoms with van der Waals surface area (Å²) in [5.41, 5.74) is 0.431. The van der Waals surface area contributed by atoms with Crippen molar-refractivity contribution in [2.75, 3.05) is 0 Å². The molecule has 0 saturated heterocycles. The van der Waals surface area contributed by atoms with Gasteiger partial charge in [-0.25, -0.2) is 4.98 Å². The number of thiazole rings is 1. The van der Waals surface area contributed by atoms with Crippen LogP contribution in [0.2, 0.25) is 5.02 Å². The first-order chi connectivity index (χ1) is 10.4. The molecule has 0 saturated carbocycles. The van der Waals surface area contributed by atoms with E-state index in [-0.39, 0.29) is 10.7 Å². The van der Waals surface area contributed by atoms with E-state index in [0.29, 0.717) is 16.4 Å². The third-order valence-electron chi connectivity index (χ3n) is 2.80. The monoisotopic (exact) mass is 341 g/mol. The van der Waals surface area contributed by atoms with Crippen molar-refractivity contribution in [1.82, 2.24) is 15.0 Å². The molecule has 0 aliphatic rings. The molecule has 0 spiro atoms. The SMILES string of the molecule is FC(F)(F)c1cnc(-c2csc(-c3ccccn3)n2)c(Cl)c1. The van der Waals surface area contributed by atoms with Crippen LogP contribution in [0.15, 0.2) is 42.0 Å². The van der Waals surface area contributed by atoms with Crippen molar-refractivity contribution in [3.63, 3.8) is 0 Å². The Balaban J connectivity index is 1.97. The van der Waals surface area contributed by atoms with Crippen LogP contribution in [0.4, 0.5) is 13.2 Å². The zero-order valence-electron chi connectivity index (χ0n) is 10.8. The second kappa shape index (κ2) is 5.66. The number of halogens is 4. The van der Waals surface area contributed by atoms with Crippen molar-refractivity contribution >= 4 is 22.9 Å². The number of rotatable bonds is 2. The summed E-state index contributed by atoms with van der Waals surface area (Å²) in [7, 11) is 0. The molecule has 0 aliphatic heterocycles. The van der Waals surface area contributed by atoms with Gasteiger partial charge in [-0.3, -0.25) is 9.97 Å². The average Bonchev–Trinajstić information content (AvgIpc) is 2.96. The highest BCUT2D eigenvalue weighted by Gasteiger charge is 2.31. The Morgan fingerprint density at radius 3 is 2.55 bits per heavy atom. The number of hydrogen-bond acceptors (Lipinski definition) is 4. The number of nitrogens with zero attached hydrogens (tertiary/aromatic N) is 3. The zero-order valence-corrected chi connectivity index (χ0v) is 12.4. The number of alkyl halides is 3. The smallest absolute Gasteiger partial charge is 0.254 e. The average molecular weight is 342 g/mol. The molecule has 0 aliphatic carbocycles. The van der Waals surface area contributed by atoms with Crippen molar-refractivity contribution in [3.8, 4) is 22.1 Å². The van der Waals surface area contributed by atoms with Gasteiger partial charge in [-0.05, 0) is 18.2 Å². The fourth-order valence-corrected chi connectivity index (χ4v) is 2.81.